The van der Waals surface area contributed by atoms with Crippen LogP contribution < -0.4 is 0 Å². The molecule has 1 aromatic rings. The van der Waals surface area contributed by atoms with E-state index in [1.54, 1.807) is 11.8 Å². The molecule has 3 heteroatoms. The molecule has 0 aliphatic heterocycles. The second-order valence-electron chi connectivity index (χ2n) is 2.78. The normalized spacial score (nSPS) is 10.4. The zero-order valence-corrected chi connectivity index (χ0v) is 9.99. The summed E-state index contributed by atoms with van der Waals surface area (Å²) in [5.41, 5.74) is 1.32. The molecule has 0 radical (unpaired) electrons. The van der Waals surface area contributed by atoms with Crippen LogP contribution in [0.25, 0.3) is 0 Å². The van der Waals surface area contributed by atoms with Crippen LogP contribution in [0, 0.1) is 0 Å². The van der Waals surface area contributed by atoms with Gasteiger partial charge in [-0.3, -0.25) is 0 Å². The second kappa shape index (κ2) is 5.68. The molecular weight excluding hydrogens is 248 g/mol. The minimum absolute atomic E-state index is 0.264. The summed E-state index contributed by atoms with van der Waals surface area (Å²) in [4.78, 5) is 1.30. The minimum Gasteiger partial charge on any atom is -0.396 e. The summed E-state index contributed by atoms with van der Waals surface area (Å²) >= 11 is 5.20. The van der Waals surface area contributed by atoms with Crippen LogP contribution in [0.3, 0.4) is 0 Å². The van der Waals surface area contributed by atoms with Gasteiger partial charge >= 0.3 is 0 Å². The maximum absolute atomic E-state index is 8.74. The highest BCUT2D eigenvalue weighted by Crippen LogP contribution is 2.24. The number of halogens is 1. The average molecular weight is 261 g/mol. The summed E-state index contributed by atoms with van der Waals surface area (Å²) in [5.74, 6) is 0. The Morgan fingerprint density at radius 2 is 2.23 bits per heavy atom. The van der Waals surface area contributed by atoms with Crippen molar-refractivity contribution in [1.82, 2.24) is 0 Å². The average Bonchev–Trinajstić information content (AvgIpc) is 2.15. The van der Waals surface area contributed by atoms with Gasteiger partial charge in [0, 0.05) is 16.0 Å². The van der Waals surface area contributed by atoms with Crippen LogP contribution in [-0.4, -0.2) is 18.0 Å². The van der Waals surface area contributed by atoms with E-state index in [4.69, 9.17) is 5.11 Å². The SMILES string of the molecule is CSc1ccc(Br)cc1CCCO. The lowest BCUT2D eigenvalue weighted by atomic mass is 10.1. The highest BCUT2D eigenvalue weighted by molar-refractivity contribution is 9.10. The Labute approximate surface area is 91.7 Å². The van der Waals surface area contributed by atoms with Gasteiger partial charge in [0.2, 0.25) is 0 Å². The molecule has 0 aliphatic carbocycles. The zero-order chi connectivity index (χ0) is 9.68. The Kier molecular flexibility index (Phi) is 4.84. The van der Waals surface area contributed by atoms with Crippen LogP contribution in [-0.2, 0) is 6.42 Å². The molecule has 1 nitrogen and oxygen atoms in total. The van der Waals surface area contributed by atoms with Gasteiger partial charge in [-0.2, -0.15) is 0 Å². The van der Waals surface area contributed by atoms with Gasteiger partial charge in [0.1, 0.15) is 0 Å². The van der Waals surface area contributed by atoms with Crippen molar-refractivity contribution in [2.75, 3.05) is 12.9 Å². The lowest BCUT2D eigenvalue weighted by Crippen LogP contribution is -1.91. The lowest BCUT2D eigenvalue weighted by Gasteiger charge is -2.06. The molecule has 1 rings (SSSR count). The Hall–Kier alpha value is 0.01000. The largest absolute Gasteiger partial charge is 0.396 e. The molecule has 0 heterocycles. The first kappa shape index (κ1) is 11.1. The summed E-state index contributed by atoms with van der Waals surface area (Å²) in [6.45, 7) is 0.264. The fourth-order valence-corrected chi connectivity index (χ4v) is 2.25. The van der Waals surface area contributed by atoms with Crippen LogP contribution >= 0.6 is 27.7 Å². The fraction of sp³-hybridized carbons (Fsp3) is 0.400. The third kappa shape index (κ3) is 3.33. The molecule has 0 fully saturated rings. The molecule has 0 amide bonds. The first-order valence-corrected chi connectivity index (χ1v) is 6.23. The summed E-state index contributed by atoms with van der Waals surface area (Å²) in [5, 5.41) is 8.74. The highest BCUT2D eigenvalue weighted by Gasteiger charge is 2.01. The molecule has 0 spiro atoms. The van der Waals surface area contributed by atoms with E-state index in [2.05, 4.69) is 34.3 Å². The van der Waals surface area contributed by atoms with Gasteiger partial charge in [-0.15, -0.1) is 11.8 Å². The third-order valence-electron chi connectivity index (χ3n) is 1.85. The van der Waals surface area contributed by atoms with Crippen molar-refractivity contribution in [1.29, 1.82) is 0 Å². The molecule has 72 valence electrons. The zero-order valence-electron chi connectivity index (χ0n) is 7.59. The molecule has 0 saturated carbocycles. The van der Waals surface area contributed by atoms with Gasteiger partial charge in [0.25, 0.3) is 0 Å². The molecule has 13 heavy (non-hydrogen) atoms. The number of thioether (sulfide) groups is 1. The van der Waals surface area contributed by atoms with E-state index in [-0.39, 0.29) is 6.61 Å². The fourth-order valence-electron chi connectivity index (χ4n) is 1.21. The van der Waals surface area contributed by atoms with Crippen molar-refractivity contribution < 1.29 is 5.11 Å². The Morgan fingerprint density at radius 3 is 2.85 bits per heavy atom. The minimum atomic E-state index is 0.264. The van der Waals surface area contributed by atoms with Gasteiger partial charge < -0.3 is 5.11 Å². The number of benzene rings is 1. The van der Waals surface area contributed by atoms with E-state index < -0.39 is 0 Å². The Bertz CT molecular complexity index is 276. The van der Waals surface area contributed by atoms with Crippen LogP contribution in [0.1, 0.15) is 12.0 Å². The van der Waals surface area contributed by atoms with Crippen molar-refractivity contribution in [2.45, 2.75) is 17.7 Å². The number of hydrogen-bond donors (Lipinski definition) is 1. The van der Waals surface area contributed by atoms with Crippen LogP contribution in [0.4, 0.5) is 0 Å². The van der Waals surface area contributed by atoms with E-state index in [1.807, 2.05) is 6.07 Å². The number of hydrogen-bond acceptors (Lipinski definition) is 2. The maximum atomic E-state index is 8.74. The Morgan fingerprint density at radius 1 is 1.46 bits per heavy atom. The number of aryl methyl sites for hydroxylation is 1. The van der Waals surface area contributed by atoms with Gasteiger partial charge in [-0.05, 0) is 42.9 Å². The van der Waals surface area contributed by atoms with Crippen molar-refractivity contribution in [3.05, 3.63) is 28.2 Å². The van der Waals surface area contributed by atoms with Gasteiger partial charge in [-0.25, -0.2) is 0 Å². The van der Waals surface area contributed by atoms with E-state index in [0.29, 0.717) is 0 Å². The molecule has 0 aliphatic rings. The quantitative estimate of drug-likeness (QED) is 0.840. The van der Waals surface area contributed by atoms with E-state index >= 15 is 0 Å². The van der Waals surface area contributed by atoms with E-state index in [0.717, 1.165) is 17.3 Å². The second-order valence-corrected chi connectivity index (χ2v) is 4.55. The number of rotatable bonds is 4. The van der Waals surface area contributed by atoms with Crippen molar-refractivity contribution in [3.63, 3.8) is 0 Å². The van der Waals surface area contributed by atoms with Crippen molar-refractivity contribution in [3.8, 4) is 0 Å². The van der Waals surface area contributed by atoms with E-state index in [1.165, 1.54) is 10.5 Å². The molecule has 0 saturated heterocycles. The smallest absolute Gasteiger partial charge is 0.0434 e. The first-order valence-electron chi connectivity index (χ1n) is 4.21. The molecule has 0 atom stereocenters. The predicted octanol–water partition coefficient (Wildman–Crippen LogP) is 3.10. The van der Waals surface area contributed by atoms with Crippen LogP contribution in [0.5, 0.6) is 0 Å². The summed E-state index contributed by atoms with van der Waals surface area (Å²) in [6.07, 6.45) is 3.86. The van der Waals surface area contributed by atoms with Crippen molar-refractivity contribution in [2.24, 2.45) is 0 Å². The first-order chi connectivity index (χ1) is 6.27. The standard InChI is InChI=1S/C10H13BrOS/c1-13-10-5-4-9(11)7-8(10)3-2-6-12/h4-5,7,12H,2-3,6H2,1H3. The number of aliphatic hydroxyl groups excluding tert-OH is 1. The topological polar surface area (TPSA) is 20.2 Å². The van der Waals surface area contributed by atoms with Gasteiger partial charge in [-0.1, -0.05) is 15.9 Å². The van der Waals surface area contributed by atoms with Gasteiger partial charge in [0.05, 0.1) is 0 Å². The molecular formula is C10H13BrOS. The summed E-state index contributed by atoms with van der Waals surface area (Å²) < 4.78 is 1.11. The third-order valence-corrected chi connectivity index (χ3v) is 3.18. The maximum Gasteiger partial charge on any atom is 0.0434 e. The number of aliphatic hydroxyl groups is 1. The lowest BCUT2D eigenvalue weighted by molar-refractivity contribution is 0.288. The van der Waals surface area contributed by atoms with Gasteiger partial charge in [0.15, 0.2) is 0 Å². The monoisotopic (exact) mass is 260 g/mol. The molecule has 0 unspecified atom stereocenters. The summed E-state index contributed by atoms with van der Waals surface area (Å²) in [6, 6.07) is 6.29. The van der Waals surface area contributed by atoms with Crippen LogP contribution in [0.2, 0.25) is 0 Å². The Balaban J connectivity index is 2.81. The van der Waals surface area contributed by atoms with Crippen molar-refractivity contribution >= 4 is 27.7 Å². The molecule has 0 bridgehead atoms. The predicted molar refractivity (Wildman–Crippen MR) is 61.3 cm³/mol. The molecule has 1 N–H and O–H groups in total. The van der Waals surface area contributed by atoms with E-state index in [9.17, 15) is 0 Å². The molecule has 0 aromatic heterocycles. The highest BCUT2D eigenvalue weighted by atomic mass is 79.9. The van der Waals surface area contributed by atoms with Crippen LogP contribution in [0.15, 0.2) is 27.6 Å². The molecule has 1 aromatic carbocycles. The summed E-state index contributed by atoms with van der Waals surface area (Å²) in [7, 11) is 0.